The SMILES string of the molecule is O=C(NCCOCCN1C(=O)CCC1=O)c1cccc(Cl)c1. The van der Waals surface area contributed by atoms with Gasteiger partial charge in [-0.2, -0.15) is 0 Å². The van der Waals surface area contributed by atoms with Gasteiger partial charge in [-0.1, -0.05) is 17.7 Å². The Hall–Kier alpha value is -1.92. The van der Waals surface area contributed by atoms with Crippen LogP contribution in [-0.2, 0) is 14.3 Å². The predicted octanol–water partition coefficient (Wildman–Crippen LogP) is 1.24. The molecule has 0 spiro atoms. The van der Waals surface area contributed by atoms with Crippen LogP contribution in [0, 0.1) is 0 Å². The minimum atomic E-state index is -0.226. The van der Waals surface area contributed by atoms with Crippen LogP contribution in [0.15, 0.2) is 24.3 Å². The van der Waals surface area contributed by atoms with Gasteiger partial charge in [-0.25, -0.2) is 0 Å². The Morgan fingerprint density at radius 3 is 2.64 bits per heavy atom. The Bertz CT molecular complexity index is 560. The van der Waals surface area contributed by atoms with E-state index in [4.69, 9.17) is 16.3 Å². The van der Waals surface area contributed by atoms with Crippen LogP contribution >= 0.6 is 11.6 Å². The second-order valence-electron chi connectivity index (χ2n) is 4.82. The van der Waals surface area contributed by atoms with Gasteiger partial charge in [-0.3, -0.25) is 19.3 Å². The molecule has 1 aliphatic rings. The summed E-state index contributed by atoms with van der Waals surface area (Å²) in [5, 5.41) is 3.21. The monoisotopic (exact) mass is 324 g/mol. The molecule has 1 aromatic carbocycles. The van der Waals surface area contributed by atoms with E-state index in [0.717, 1.165) is 0 Å². The number of nitrogens with one attached hydrogen (secondary N) is 1. The average molecular weight is 325 g/mol. The first-order chi connectivity index (χ1) is 10.6. The van der Waals surface area contributed by atoms with Gasteiger partial charge in [0.15, 0.2) is 0 Å². The van der Waals surface area contributed by atoms with Gasteiger partial charge in [-0.05, 0) is 18.2 Å². The first-order valence-corrected chi connectivity index (χ1v) is 7.40. The Balaban J connectivity index is 1.60. The number of benzene rings is 1. The summed E-state index contributed by atoms with van der Waals surface area (Å²) >= 11 is 5.81. The molecule has 118 valence electrons. The summed E-state index contributed by atoms with van der Waals surface area (Å²) in [5.41, 5.74) is 0.487. The van der Waals surface area contributed by atoms with Crippen molar-refractivity contribution < 1.29 is 19.1 Å². The lowest BCUT2D eigenvalue weighted by Gasteiger charge is -2.13. The van der Waals surface area contributed by atoms with Crippen molar-refractivity contribution in [2.24, 2.45) is 0 Å². The number of nitrogens with zero attached hydrogens (tertiary/aromatic N) is 1. The maximum Gasteiger partial charge on any atom is 0.251 e. The van der Waals surface area contributed by atoms with Gasteiger partial charge < -0.3 is 10.1 Å². The van der Waals surface area contributed by atoms with E-state index in [0.29, 0.717) is 23.7 Å². The smallest absolute Gasteiger partial charge is 0.251 e. The minimum absolute atomic E-state index is 0.150. The zero-order chi connectivity index (χ0) is 15.9. The number of carbonyl (C=O) groups excluding carboxylic acids is 3. The zero-order valence-corrected chi connectivity index (χ0v) is 12.8. The van der Waals surface area contributed by atoms with Gasteiger partial charge >= 0.3 is 0 Å². The number of likely N-dealkylation sites (tertiary alicyclic amines) is 1. The number of rotatable bonds is 7. The summed E-state index contributed by atoms with van der Waals surface area (Å²) in [4.78, 5) is 35.7. The fourth-order valence-corrected chi connectivity index (χ4v) is 2.29. The first-order valence-electron chi connectivity index (χ1n) is 7.02. The molecule has 7 heteroatoms. The van der Waals surface area contributed by atoms with Crippen molar-refractivity contribution in [2.45, 2.75) is 12.8 Å². The van der Waals surface area contributed by atoms with Crippen molar-refractivity contribution >= 4 is 29.3 Å². The van der Waals surface area contributed by atoms with E-state index in [9.17, 15) is 14.4 Å². The second-order valence-corrected chi connectivity index (χ2v) is 5.25. The largest absolute Gasteiger partial charge is 0.378 e. The summed E-state index contributed by atoms with van der Waals surface area (Å²) in [5.74, 6) is -0.526. The van der Waals surface area contributed by atoms with E-state index in [1.807, 2.05) is 0 Å². The van der Waals surface area contributed by atoms with Crippen LogP contribution in [0.4, 0.5) is 0 Å². The molecule has 1 aliphatic heterocycles. The summed E-state index contributed by atoms with van der Waals surface area (Å²) in [6, 6.07) is 6.66. The average Bonchev–Trinajstić information content (AvgIpc) is 2.82. The van der Waals surface area contributed by atoms with Gasteiger partial charge in [0.2, 0.25) is 11.8 Å². The molecule has 6 nitrogen and oxygen atoms in total. The van der Waals surface area contributed by atoms with Gasteiger partial charge in [0.05, 0.1) is 19.8 Å². The molecule has 1 N–H and O–H groups in total. The second kappa shape index (κ2) is 7.91. The quantitative estimate of drug-likeness (QED) is 0.605. The van der Waals surface area contributed by atoms with E-state index in [2.05, 4.69) is 5.32 Å². The van der Waals surface area contributed by atoms with E-state index in [-0.39, 0.29) is 43.7 Å². The zero-order valence-electron chi connectivity index (χ0n) is 12.0. The third kappa shape index (κ3) is 4.54. The normalized spacial score (nSPS) is 14.5. The number of halogens is 1. The molecule has 2 rings (SSSR count). The third-order valence-electron chi connectivity index (χ3n) is 3.23. The number of ether oxygens (including phenoxy) is 1. The summed E-state index contributed by atoms with van der Waals surface area (Å²) in [6.45, 7) is 1.18. The number of carbonyl (C=O) groups is 3. The van der Waals surface area contributed by atoms with E-state index in [1.54, 1.807) is 24.3 Å². The molecule has 0 saturated carbocycles. The number of hydrogen-bond acceptors (Lipinski definition) is 4. The highest BCUT2D eigenvalue weighted by Crippen LogP contribution is 2.11. The molecule has 0 bridgehead atoms. The fraction of sp³-hybridized carbons (Fsp3) is 0.400. The maximum absolute atomic E-state index is 11.8. The van der Waals surface area contributed by atoms with Crippen molar-refractivity contribution in [2.75, 3.05) is 26.3 Å². The number of hydrogen-bond donors (Lipinski definition) is 1. The molecule has 0 radical (unpaired) electrons. The van der Waals surface area contributed by atoms with Crippen LogP contribution in [0.5, 0.6) is 0 Å². The lowest BCUT2D eigenvalue weighted by molar-refractivity contribution is -0.139. The van der Waals surface area contributed by atoms with Crippen LogP contribution < -0.4 is 5.32 Å². The van der Waals surface area contributed by atoms with Crippen LogP contribution in [0.1, 0.15) is 23.2 Å². The molecule has 0 unspecified atom stereocenters. The topological polar surface area (TPSA) is 75.7 Å². The molecular weight excluding hydrogens is 308 g/mol. The molecule has 22 heavy (non-hydrogen) atoms. The van der Waals surface area contributed by atoms with Crippen molar-refractivity contribution in [3.8, 4) is 0 Å². The maximum atomic E-state index is 11.8. The van der Waals surface area contributed by atoms with E-state index < -0.39 is 0 Å². The lowest BCUT2D eigenvalue weighted by Crippen LogP contribution is -2.33. The third-order valence-corrected chi connectivity index (χ3v) is 3.47. The van der Waals surface area contributed by atoms with Crippen molar-refractivity contribution in [3.05, 3.63) is 34.9 Å². The van der Waals surface area contributed by atoms with Crippen LogP contribution in [-0.4, -0.2) is 48.9 Å². The standard InChI is InChI=1S/C15H17ClN2O4/c16-12-3-1-2-11(10-12)15(21)17-6-8-22-9-7-18-13(19)4-5-14(18)20/h1-3,10H,4-9H2,(H,17,21). The molecule has 1 heterocycles. The summed E-state index contributed by atoms with van der Waals surface area (Å²) in [7, 11) is 0. The van der Waals surface area contributed by atoms with Crippen LogP contribution in [0.3, 0.4) is 0 Å². The highest BCUT2D eigenvalue weighted by atomic mass is 35.5. The van der Waals surface area contributed by atoms with Crippen LogP contribution in [0.25, 0.3) is 0 Å². The number of imide groups is 1. The van der Waals surface area contributed by atoms with Gasteiger partial charge in [-0.15, -0.1) is 0 Å². The molecule has 0 aliphatic carbocycles. The Kier molecular flexibility index (Phi) is 5.91. The van der Waals surface area contributed by atoms with E-state index in [1.165, 1.54) is 4.90 Å². The Morgan fingerprint density at radius 2 is 1.95 bits per heavy atom. The van der Waals surface area contributed by atoms with Gasteiger partial charge in [0.25, 0.3) is 5.91 Å². The van der Waals surface area contributed by atoms with Gasteiger partial charge in [0.1, 0.15) is 0 Å². The predicted molar refractivity (Wildman–Crippen MR) is 80.6 cm³/mol. The summed E-state index contributed by atoms with van der Waals surface area (Å²) in [6.07, 6.45) is 0.572. The van der Waals surface area contributed by atoms with E-state index >= 15 is 0 Å². The molecule has 0 aromatic heterocycles. The number of amides is 3. The minimum Gasteiger partial charge on any atom is -0.378 e. The molecule has 3 amide bonds. The summed E-state index contributed by atoms with van der Waals surface area (Å²) < 4.78 is 5.32. The molecule has 1 saturated heterocycles. The van der Waals surface area contributed by atoms with Crippen molar-refractivity contribution in [1.29, 1.82) is 0 Å². The molecule has 1 aromatic rings. The molecule has 0 atom stereocenters. The highest BCUT2D eigenvalue weighted by molar-refractivity contribution is 6.30. The van der Waals surface area contributed by atoms with Crippen molar-refractivity contribution in [3.63, 3.8) is 0 Å². The molecular formula is C15H17ClN2O4. The Morgan fingerprint density at radius 1 is 1.23 bits per heavy atom. The first kappa shape index (κ1) is 16.5. The van der Waals surface area contributed by atoms with Crippen LogP contribution in [0.2, 0.25) is 5.02 Å². The van der Waals surface area contributed by atoms with Gasteiger partial charge in [0, 0.05) is 30.0 Å². The highest BCUT2D eigenvalue weighted by Gasteiger charge is 2.28. The fourth-order valence-electron chi connectivity index (χ4n) is 2.10. The Labute approximate surface area is 133 Å². The lowest BCUT2D eigenvalue weighted by atomic mass is 10.2. The molecule has 1 fully saturated rings. The van der Waals surface area contributed by atoms with Crippen molar-refractivity contribution in [1.82, 2.24) is 10.2 Å².